The van der Waals surface area contributed by atoms with Crippen LogP contribution in [0.5, 0.6) is 5.75 Å². The van der Waals surface area contributed by atoms with E-state index < -0.39 is 17.1 Å². The van der Waals surface area contributed by atoms with E-state index in [1.54, 1.807) is 48.5 Å². The minimum Gasteiger partial charge on any atom is -0.489 e. The maximum Gasteiger partial charge on any atom is 0.294 e. The number of carbonyl (C=O) groups is 3. The fourth-order valence-corrected chi connectivity index (χ4v) is 4.37. The molecule has 1 fully saturated rings. The molecule has 9 heteroatoms. The van der Waals surface area contributed by atoms with Crippen molar-refractivity contribution in [2.24, 2.45) is 0 Å². The maximum absolute atomic E-state index is 12.7. The van der Waals surface area contributed by atoms with Crippen molar-refractivity contribution in [2.75, 3.05) is 11.9 Å². The van der Waals surface area contributed by atoms with Crippen molar-refractivity contribution < 1.29 is 19.1 Å². The first-order chi connectivity index (χ1) is 16.4. The lowest BCUT2D eigenvalue weighted by molar-refractivity contribution is -0.127. The molecule has 0 radical (unpaired) electrons. The fraction of sp³-hybridized carbons (Fsp3) is 0.0800. The van der Waals surface area contributed by atoms with Gasteiger partial charge in [-0.1, -0.05) is 54.1 Å². The summed E-state index contributed by atoms with van der Waals surface area (Å²) in [5.41, 5.74) is 2.27. The standard InChI is InChI=1S/C25H18BrClN2O4S/c26-20-11-8-18(13-21(20)27)28-23(30)14-29-24(31)22(34-25(29)32)12-16-6-9-19(10-7-16)33-15-17-4-2-1-3-5-17/h1-13H,14-15H2,(H,28,30)/b22-12+. The van der Waals surface area contributed by atoms with Crippen molar-refractivity contribution >= 4 is 68.1 Å². The highest BCUT2D eigenvalue weighted by atomic mass is 79.9. The fourth-order valence-electron chi connectivity index (χ4n) is 3.11. The molecule has 1 N–H and O–H groups in total. The van der Waals surface area contributed by atoms with E-state index in [9.17, 15) is 14.4 Å². The Hall–Kier alpha value is -3.07. The number of halogens is 2. The Balaban J connectivity index is 1.36. The molecule has 172 valence electrons. The highest BCUT2D eigenvalue weighted by Crippen LogP contribution is 2.32. The zero-order chi connectivity index (χ0) is 24.1. The molecule has 0 atom stereocenters. The number of amides is 3. The van der Waals surface area contributed by atoms with Crippen LogP contribution in [0.4, 0.5) is 10.5 Å². The van der Waals surface area contributed by atoms with Gasteiger partial charge < -0.3 is 10.1 Å². The number of nitrogens with zero attached hydrogens (tertiary/aromatic N) is 1. The van der Waals surface area contributed by atoms with Crippen molar-refractivity contribution in [3.63, 3.8) is 0 Å². The van der Waals surface area contributed by atoms with Crippen LogP contribution in [0.15, 0.2) is 82.2 Å². The quantitative estimate of drug-likeness (QED) is 0.342. The second-order valence-electron chi connectivity index (χ2n) is 7.29. The number of imide groups is 1. The molecule has 0 spiro atoms. The normalized spacial score (nSPS) is 14.5. The Morgan fingerprint density at radius 2 is 1.79 bits per heavy atom. The van der Waals surface area contributed by atoms with Gasteiger partial charge in [0.1, 0.15) is 18.9 Å². The topological polar surface area (TPSA) is 75.7 Å². The van der Waals surface area contributed by atoms with Gasteiger partial charge in [-0.15, -0.1) is 0 Å². The molecule has 0 aliphatic carbocycles. The zero-order valence-electron chi connectivity index (χ0n) is 17.7. The molecule has 0 bridgehead atoms. The third kappa shape index (κ3) is 6.08. The van der Waals surface area contributed by atoms with Crippen molar-refractivity contribution in [1.29, 1.82) is 0 Å². The van der Waals surface area contributed by atoms with Crippen LogP contribution in [-0.4, -0.2) is 28.5 Å². The van der Waals surface area contributed by atoms with Crippen LogP contribution in [0.25, 0.3) is 6.08 Å². The summed E-state index contributed by atoms with van der Waals surface area (Å²) in [6.45, 7) is 0.0650. The molecule has 1 aliphatic rings. The van der Waals surface area contributed by atoms with E-state index in [2.05, 4.69) is 21.2 Å². The second-order valence-corrected chi connectivity index (χ2v) is 9.54. The molecule has 6 nitrogen and oxygen atoms in total. The van der Waals surface area contributed by atoms with E-state index in [0.29, 0.717) is 27.5 Å². The molecule has 4 rings (SSSR count). The number of benzene rings is 3. The minimum atomic E-state index is -0.511. The van der Waals surface area contributed by atoms with E-state index in [0.717, 1.165) is 27.8 Å². The molecule has 1 heterocycles. The molecule has 0 unspecified atom stereocenters. The van der Waals surface area contributed by atoms with Gasteiger partial charge in [-0.25, -0.2) is 0 Å². The van der Waals surface area contributed by atoms with E-state index in [-0.39, 0.29) is 11.4 Å². The molecule has 3 aromatic carbocycles. The number of hydrogen-bond acceptors (Lipinski definition) is 5. The Labute approximate surface area is 214 Å². The predicted octanol–water partition coefficient (Wildman–Crippen LogP) is 6.36. The number of ether oxygens (including phenoxy) is 1. The number of thioether (sulfide) groups is 1. The lowest BCUT2D eigenvalue weighted by atomic mass is 10.2. The van der Waals surface area contributed by atoms with Gasteiger partial charge in [-0.3, -0.25) is 19.3 Å². The number of nitrogens with one attached hydrogen (secondary N) is 1. The van der Waals surface area contributed by atoms with Gasteiger partial charge in [0.05, 0.1) is 9.93 Å². The van der Waals surface area contributed by atoms with Crippen LogP contribution in [0.1, 0.15) is 11.1 Å². The van der Waals surface area contributed by atoms with Crippen molar-refractivity contribution in [3.8, 4) is 5.75 Å². The van der Waals surface area contributed by atoms with Crippen molar-refractivity contribution in [3.05, 3.63) is 98.3 Å². The van der Waals surface area contributed by atoms with Crippen LogP contribution in [-0.2, 0) is 16.2 Å². The molecule has 34 heavy (non-hydrogen) atoms. The first-order valence-electron chi connectivity index (χ1n) is 10.2. The van der Waals surface area contributed by atoms with E-state index in [4.69, 9.17) is 16.3 Å². The number of hydrogen-bond donors (Lipinski definition) is 1. The maximum atomic E-state index is 12.7. The van der Waals surface area contributed by atoms with Crippen LogP contribution in [0.2, 0.25) is 5.02 Å². The third-order valence-electron chi connectivity index (χ3n) is 4.80. The van der Waals surface area contributed by atoms with E-state index in [1.165, 1.54) is 0 Å². The Bertz CT molecular complexity index is 1270. The van der Waals surface area contributed by atoms with Gasteiger partial charge >= 0.3 is 0 Å². The van der Waals surface area contributed by atoms with Crippen LogP contribution in [0.3, 0.4) is 0 Å². The lowest BCUT2D eigenvalue weighted by Crippen LogP contribution is -2.36. The summed E-state index contributed by atoms with van der Waals surface area (Å²) in [5, 5.41) is 2.58. The third-order valence-corrected chi connectivity index (χ3v) is 6.94. The van der Waals surface area contributed by atoms with E-state index >= 15 is 0 Å². The van der Waals surface area contributed by atoms with Gasteiger partial charge in [0.2, 0.25) is 5.91 Å². The zero-order valence-corrected chi connectivity index (χ0v) is 20.8. The summed E-state index contributed by atoms with van der Waals surface area (Å²) in [4.78, 5) is 38.6. The molecule has 3 amide bonds. The van der Waals surface area contributed by atoms with Crippen molar-refractivity contribution in [2.45, 2.75) is 6.61 Å². The Morgan fingerprint density at radius 1 is 1.06 bits per heavy atom. The molecule has 1 aliphatic heterocycles. The Kier molecular flexibility index (Phi) is 7.72. The average Bonchev–Trinajstić information content (AvgIpc) is 3.09. The summed E-state index contributed by atoms with van der Waals surface area (Å²) in [5.74, 6) is -0.316. The number of rotatable bonds is 7. The monoisotopic (exact) mass is 556 g/mol. The number of carbonyl (C=O) groups excluding carboxylic acids is 3. The largest absolute Gasteiger partial charge is 0.489 e. The summed E-state index contributed by atoms with van der Waals surface area (Å²) in [6, 6.07) is 22.0. The summed E-state index contributed by atoms with van der Waals surface area (Å²) in [7, 11) is 0. The molecule has 0 saturated carbocycles. The summed E-state index contributed by atoms with van der Waals surface area (Å²) >= 11 is 10.1. The smallest absolute Gasteiger partial charge is 0.294 e. The second kappa shape index (κ2) is 10.9. The van der Waals surface area contributed by atoms with Gasteiger partial charge in [-0.2, -0.15) is 0 Å². The van der Waals surface area contributed by atoms with Gasteiger partial charge in [-0.05, 0) is 75.2 Å². The molecular formula is C25H18BrClN2O4S. The first-order valence-corrected chi connectivity index (χ1v) is 12.1. The average molecular weight is 558 g/mol. The SMILES string of the molecule is O=C(CN1C(=O)S/C(=C/c2ccc(OCc3ccccc3)cc2)C1=O)Nc1ccc(Br)c(Cl)c1. The van der Waals surface area contributed by atoms with Gasteiger partial charge in [0, 0.05) is 10.2 Å². The molecular weight excluding hydrogens is 540 g/mol. The van der Waals surface area contributed by atoms with Gasteiger partial charge in [0.15, 0.2) is 0 Å². The molecule has 1 saturated heterocycles. The summed E-state index contributed by atoms with van der Waals surface area (Å²) < 4.78 is 6.46. The predicted molar refractivity (Wildman–Crippen MR) is 138 cm³/mol. The lowest BCUT2D eigenvalue weighted by Gasteiger charge is -2.12. The molecule has 3 aromatic rings. The van der Waals surface area contributed by atoms with Crippen molar-refractivity contribution in [1.82, 2.24) is 4.90 Å². The number of anilines is 1. The molecule has 0 aromatic heterocycles. The van der Waals surface area contributed by atoms with Gasteiger partial charge in [0.25, 0.3) is 11.1 Å². The van der Waals surface area contributed by atoms with E-state index in [1.807, 2.05) is 30.3 Å². The minimum absolute atomic E-state index is 0.252. The van der Waals surface area contributed by atoms with Crippen LogP contribution in [0, 0.1) is 0 Å². The van der Waals surface area contributed by atoms with Crippen LogP contribution >= 0.6 is 39.3 Å². The van der Waals surface area contributed by atoms with Crippen LogP contribution < -0.4 is 10.1 Å². The highest BCUT2D eigenvalue weighted by Gasteiger charge is 2.36. The summed E-state index contributed by atoms with van der Waals surface area (Å²) in [6.07, 6.45) is 1.62. The highest BCUT2D eigenvalue weighted by molar-refractivity contribution is 9.10. The Morgan fingerprint density at radius 3 is 2.50 bits per heavy atom. The first kappa shape index (κ1) is 24.1.